The number of hydrogen-bond donors (Lipinski definition) is 1. The molecule has 1 heterocycles. The molecule has 2 rings (SSSR count). The lowest BCUT2D eigenvalue weighted by atomic mass is 9.89. The summed E-state index contributed by atoms with van der Waals surface area (Å²) in [6.07, 6.45) is 4.81. The number of hydrogen-bond acceptors (Lipinski definition) is 2. The zero-order chi connectivity index (χ0) is 14.0. The van der Waals surface area contributed by atoms with Crippen LogP contribution >= 0.6 is 15.9 Å². The molecule has 4 heteroatoms. The second kappa shape index (κ2) is 6.12. The Kier molecular flexibility index (Phi) is 4.71. The van der Waals surface area contributed by atoms with Crippen LogP contribution < -0.4 is 5.32 Å². The first kappa shape index (κ1) is 14.6. The van der Waals surface area contributed by atoms with E-state index >= 15 is 0 Å². The lowest BCUT2D eigenvalue weighted by Crippen LogP contribution is -2.31. The van der Waals surface area contributed by atoms with E-state index in [1.54, 1.807) is 0 Å². The summed E-state index contributed by atoms with van der Waals surface area (Å²) in [5, 5.41) is 3.06. The van der Waals surface area contributed by atoms with Crippen molar-refractivity contribution in [2.75, 3.05) is 6.54 Å². The number of rotatable bonds is 3. The van der Waals surface area contributed by atoms with E-state index in [-0.39, 0.29) is 5.91 Å². The van der Waals surface area contributed by atoms with Gasteiger partial charge in [-0.05, 0) is 52.4 Å². The predicted octanol–water partition coefficient (Wildman–Crippen LogP) is 3.89. The molecule has 0 bridgehead atoms. The van der Waals surface area contributed by atoms with E-state index in [0.717, 1.165) is 23.6 Å². The van der Waals surface area contributed by atoms with Crippen molar-refractivity contribution in [2.24, 2.45) is 5.92 Å². The van der Waals surface area contributed by atoms with Gasteiger partial charge in [0.1, 0.15) is 11.5 Å². The average Bonchev–Trinajstić information content (AvgIpc) is 2.62. The summed E-state index contributed by atoms with van der Waals surface area (Å²) in [6.45, 7) is 6.47. The van der Waals surface area contributed by atoms with Crippen LogP contribution in [-0.4, -0.2) is 17.3 Å². The lowest BCUT2D eigenvalue weighted by molar-refractivity contribution is 0.0942. The minimum Gasteiger partial charge on any atom is -0.466 e. The molecule has 19 heavy (non-hydrogen) atoms. The molecular formula is C15H22BrNO2. The van der Waals surface area contributed by atoms with E-state index in [1.807, 2.05) is 20.8 Å². The van der Waals surface area contributed by atoms with Crippen LogP contribution in [0.3, 0.4) is 0 Å². The van der Waals surface area contributed by atoms with Crippen molar-refractivity contribution >= 4 is 21.8 Å². The van der Waals surface area contributed by atoms with Crippen LogP contribution in [0.2, 0.25) is 0 Å². The van der Waals surface area contributed by atoms with Gasteiger partial charge in [0.2, 0.25) is 0 Å². The molecule has 0 aliphatic heterocycles. The van der Waals surface area contributed by atoms with Gasteiger partial charge in [-0.2, -0.15) is 0 Å². The summed E-state index contributed by atoms with van der Waals surface area (Å²) in [5.74, 6) is 2.18. The maximum absolute atomic E-state index is 12.2. The van der Waals surface area contributed by atoms with Gasteiger partial charge in [-0.1, -0.05) is 15.9 Å². The molecular weight excluding hydrogens is 306 g/mol. The maximum atomic E-state index is 12.2. The second-order valence-electron chi connectivity index (χ2n) is 5.54. The van der Waals surface area contributed by atoms with E-state index in [4.69, 9.17) is 4.42 Å². The Hall–Kier alpha value is -0.770. The minimum absolute atomic E-state index is 0.00724. The third-order valence-corrected chi connectivity index (χ3v) is 5.03. The van der Waals surface area contributed by atoms with Crippen LogP contribution in [-0.2, 0) is 0 Å². The molecule has 1 aliphatic carbocycles. The van der Waals surface area contributed by atoms with E-state index < -0.39 is 0 Å². The van der Waals surface area contributed by atoms with Crippen molar-refractivity contribution in [1.29, 1.82) is 0 Å². The van der Waals surface area contributed by atoms with Crippen molar-refractivity contribution in [3.63, 3.8) is 0 Å². The Labute approximate surface area is 123 Å². The van der Waals surface area contributed by atoms with Crippen LogP contribution in [0.4, 0.5) is 0 Å². The minimum atomic E-state index is 0.00724. The Morgan fingerprint density at radius 3 is 2.37 bits per heavy atom. The number of carbonyl (C=O) groups is 1. The van der Waals surface area contributed by atoms with Crippen molar-refractivity contribution in [2.45, 2.75) is 51.3 Å². The third kappa shape index (κ3) is 3.41. The monoisotopic (exact) mass is 327 g/mol. The average molecular weight is 328 g/mol. The highest BCUT2D eigenvalue weighted by molar-refractivity contribution is 9.09. The van der Waals surface area contributed by atoms with Crippen molar-refractivity contribution in [1.82, 2.24) is 5.32 Å². The molecule has 1 aliphatic rings. The zero-order valence-electron chi connectivity index (χ0n) is 11.9. The molecule has 0 radical (unpaired) electrons. The molecule has 1 aromatic rings. The van der Waals surface area contributed by atoms with E-state index in [2.05, 4.69) is 21.2 Å². The summed E-state index contributed by atoms with van der Waals surface area (Å²) in [6, 6.07) is 0. The van der Waals surface area contributed by atoms with E-state index in [0.29, 0.717) is 16.3 Å². The van der Waals surface area contributed by atoms with Gasteiger partial charge in [0.15, 0.2) is 0 Å². The van der Waals surface area contributed by atoms with Crippen molar-refractivity contribution in [3.8, 4) is 0 Å². The molecule has 1 N–H and O–H groups in total. The predicted molar refractivity (Wildman–Crippen MR) is 79.9 cm³/mol. The van der Waals surface area contributed by atoms with Crippen LogP contribution in [0.1, 0.15) is 53.1 Å². The molecule has 106 valence electrons. The number of carbonyl (C=O) groups excluding carboxylic acids is 1. The van der Waals surface area contributed by atoms with Gasteiger partial charge in [-0.25, -0.2) is 0 Å². The molecule has 0 atom stereocenters. The molecule has 1 saturated carbocycles. The molecule has 0 unspecified atom stereocenters. The number of halogens is 1. The number of aryl methyl sites for hydroxylation is 2. The standard InChI is InChI=1S/C15H22BrNO2/c1-9-10(2)19-11(3)14(9)15(18)17-8-12-4-6-13(16)7-5-12/h12-13H,4-8H2,1-3H3,(H,17,18). The van der Waals surface area contributed by atoms with Gasteiger partial charge in [0.05, 0.1) is 5.56 Å². The molecule has 0 spiro atoms. The van der Waals surface area contributed by atoms with Gasteiger partial charge >= 0.3 is 0 Å². The quantitative estimate of drug-likeness (QED) is 0.856. The highest BCUT2D eigenvalue weighted by Gasteiger charge is 2.22. The summed E-state index contributed by atoms with van der Waals surface area (Å²) in [7, 11) is 0. The van der Waals surface area contributed by atoms with Crippen LogP contribution in [0, 0.1) is 26.7 Å². The number of furan rings is 1. The van der Waals surface area contributed by atoms with Gasteiger partial charge in [0, 0.05) is 16.9 Å². The lowest BCUT2D eigenvalue weighted by Gasteiger charge is -2.25. The number of amides is 1. The summed E-state index contributed by atoms with van der Waals surface area (Å²) in [4.78, 5) is 12.9. The normalized spacial score (nSPS) is 23.4. The second-order valence-corrected chi connectivity index (χ2v) is 6.84. The fraction of sp³-hybridized carbons (Fsp3) is 0.667. The van der Waals surface area contributed by atoms with Crippen LogP contribution in [0.25, 0.3) is 0 Å². The molecule has 1 fully saturated rings. The first-order valence-corrected chi connectivity index (χ1v) is 7.89. The molecule has 1 aromatic heterocycles. The van der Waals surface area contributed by atoms with Crippen LogP contribution in [0.5, 0.6) is 0 Å². The maximum Gasteiger partial charge on any atom is 0.255 e. The third-order valence-electron chi connectivity index (χ3n) is 4.12. The Bertz CT molecular complexity index is 459. The molecule has 3 nitrogen and oxygen atoms in total. The number of alkyl halides is 1. The first-order chi connectivity index (χ1) is 8.99. The van der Waals surface area contributed by atoms with Crippen LogP contribution in [0.15, 0.2) is 4.42 Å². The van der Waals surface area contributed by atoms with Crippen molar-refractivity contribution < 1.29 is 9.21 Å². The summed E-state index contributed by atoms with van der Waals surface area (Å²) >= 11 is 3.65. The largest absolute Gasteiger partial charge is 0.466 e. The van der Waals surface area contributed by atoms with Gasteiger partial charge in [-0.15, -0.1) is 0 Å². The molecule has 1 amide bonds. The fourth-order valence-electron chi connectivity index (χ4n) is 2.78. The highest BCUT2D eigenvalue weighted by Crippen LogP contribution is 2.28. The molecule has 0 saturated heterocycles. The Morgan fingerprint density at radius 2 is 1.84 bits per heavy atom. The van der Waals surface area contributed by atoms with Gasteiger partial charge in [0.25, 0.3) is 5.91 Å². The number of nitrogens with one attached hydrogen (secondary N) is 1. The summed E-state index contributed by atoms with van der Waals surface area (Å²) in [5.41, 5.74) is 1.67. The topological polar surface area (TPSA) is 42.2 Å². The van der Waals surface area contributed by atoms with Gasteiger partial charge in [-0.3, -0.25) is 4.79 Å². The van der Waals surface area contributed by atoms with Crippen molar-refractivity contribution in [3.05, 3.63) is 22.6 Å². The Morgan fingerprint density at radius 1 is 1.21 bits per heavy atom. The Balaban J connectivity index is 1.91. The summed E-state index contributed by atoms with van der Waals surface area (Å²) < 4.78 is 5.51. The smallest absolute Gasteiger partial charge is 0.255 e. The highest BCUT2D eigenvalue weighted by atomic mass is 79.9. The van der Waals surface area contributed by atoms with E-state index in [9.17, 15) is 4.79 Å². The SMILES string of the molecule is Cc1oc(C)c(C(=O)NCC2CCC(Br)CC2)c1C. The molecule has 0 aromatic carbocycles. The first-order valence-electron chi connectivity index (χ1n) is 6.98. The van der Waals surface area contributed by atoms with Gasteiger partial charge < -0.3 is 9.73 Å². The van der Waals surface area contributed by atoms with E-state index in [1.165, 1.54) is 25.7 Å². The zero-order valence-corrected chi connectivity index (χ0v) is 13.5. The fourth-order valence-corrected chi connectivity index (χ4v) is 3.31.